The van der Waals surface area contributed by atoms with Gasteiger partial charge in [0, 0.05) is 42.5 Å². The van der Waals surface area contributed by atoms with E-state index in [-0.39, 0.29) is 19.0 Å². The Balaban J connectivity index is 1.81. The fraction of sp³-hybridized carbons (Fsp3) is 0.355. The molecule has 4 atom stereocenters. The molecule has 0 fully saturated rings. The molecule has 0 radical (unpaired) electrons. The van der Waals surface area contributed by atoms with Gasteiger partial charge in [-0.05, 0) is 49.6 Å². The summed E-state index contributed by atoms with van der Waals surface area (Å²) in [5.74, 6) is -3.97. The molecule has 9 heteroatoms. The van der Waals surface area contributed by atoms with Crippen molar-refractivity contribution in [3.8, 4) is 0 Å². The second-order valence-electron chi connectivity index (χ2n) is 10.2. The second-order valence-corrected chi connectivity index (χ2v) is 10.2. The average Bonchev–Trinajstić information content (AvgIpc) is 3.33. The standard InChI is InChI=1S/C31H34N4O5/c1-6-39-30(37)24-22(18-11-9-8-10-12-18)26(31(38)40-7-2)28(36)25-23(24)21-17(3)33-34-29(21)32-27(25)19-13-15-20(16-14-19)35(4)5/h8-16,22,24,26-27H,6-7H2,1-5H3,(H2,32,33,34)/t22-,24+,26+,27-/m1/s1. The van der Waals surface area contributed by atoms with Crippen molar-refractivity contribution in [1.82, 2.24) is 10.2 Å². The lowest BCUT2D eigenvalue weighted by atomic mass is 9.61. The molecule has 208 valence electrons. The van der Waals surface area contributed by atoms with Crippen molar-refractivity contribution in [2.45, 2.75) is 32.7 Å². The number of hydrogen-bond donors (Lipinski definition) is 2. The minimum absolute atomic E-state index is 0.110. The topological polar surface area (TPSA) is 114 Å². The third-order valence-corrected chi connectivity index (χ3v) is 7.66. The summed E-state index contributed by atoms with van der Waals surface area (Å²) in [7, 11) is 3.91. The number of ether oxygens (including phenoxy) is 2. The van der Waals surface area contributed by atoms with E-state index >= 15 is 0 Å². The zero-order valence-corrected chi connectivity index (χ0v) is 23.4. The van der Waals surface area contributed by atoms with E-state index in [4.69, 9.17) is 9.47 Å². The molecule has 0 saturated heterocycles. The molecule has 0 unspecified atom stereocenters. The predicted molar refractivity (Wildman–Crippen MR) is 152 cm³/mol. The number of fused-ring (bicyclic) bond motifs is 2. The van der Waals surface area contributed by atoms with Crippen molar-refractivity contribution in [2.75, 3.05) is 37.5 Å². The number of hydrogen-bond acceptors (Lipinski definition) is 8. The van der Waals surface area contributed by atoms with Crippen LogP contribution in [0, 0.1) is 18.8 Å². The van der Waals surface area contributed by atoms with E-state index in [1.165, 1.54) is 0 Å². The van der Waals surface area contributed by atoms with Crippen LogP contribution in [-0.2, 0) is 23.9 Å². The molecule has 40 heavy (non-hydrogen) atoms. The van der Waals surface area contributed by atoms with Crippen LogP contribution in [0.5, 0.6) is 0 Å². The summed E-state index contributed by atoms with van der Waals surface area (Å²) in [6.07, 6.45) is 0. The maximum absolute atomic E-state index is 14.6. The Morgan fingerprint density at radius 2 is 1.50 bits per heavy atom. The van der Waals surface area contributed by atoms with Crippen molar-refractivity contribution in [1.29, 1.82) is 0 Å². The Bertz CT molecular complexity index is 1460. The van der Waals surface area contributed by atoms with Gasteiger partial charge in [-0.25, -0.2) is 0 Å². The maximum atomic E-state index is 14.6. The Labute approximate surface area is 233 Å². The Morgan fingerprint density at radius 3 is 2.10 bits per heavy atom. The number of nitrogens with zero attached hydrogens (tertiary/aromatic N) is 2. The van der Waals surface area contributed by atoms with Gasteiger partial charge in [0.05, 0.1) is 25.2 Å². The molecule has 1 aliphatic carbocycles. The van der Waals surface area contributed by atoms with Gasteiger partial charge in [0.25, 0.3) is 0 Å². The van der Waals surface area contributed by atoms with Crippen LogP contribution in [0.2, 0.25) is 0 Å². The smallest absolute Gasteiger partial charge is 0.317 e. The molecule has 2 heterocycles. The quantitative estimate of drug-likeness (QED) is 0.333. The Hall–Kier alpha value is -4.40. The fourth-order valence-electron chi connectivity index (χ4n) is 5.92. The fourth-order valence-corrected chi connectivity index (χ4v) is 5.92. The van der Waals surface area contributed by atoms with E-state index in [9.17, 15) is 14.4 Å². The summed E-state index contributed by atoms with van der Waals surface area (Å²) >= 11 is 0. The lowest BCUT2D eigenvalue weighted by Crippen LogP contribution is -2.46. The third kappa shape index (κ3) is 4.55. The molecule has 3 aromatic rings. The Morgan fingerprint density at radius 1 is 0.875 bits per heavy atom. The van der Waals surface area contributed by atoms with E-state index in [0.29, 0.717) is 33.8 Å². The van der Waals surface area contributed by atoms with Crippen molar-refractivity contribution in [3.63, 3.8) is 0 Å². The van der Waals surface area contributed by atoms with Crippen LogP contribution in [0.15, 0.2) is 60.2 Å². The number of aromatic nitrogens is 2. The first-order valence-corrected chi connectivity index (χ1v) is 13.5. The molecule has 9 nitrogen and oxygen atoms in total. The van der Waals surface area contributed by atoms with Gasteiger partial charge in [-0.2, -0.15) is 5.10 Å². The van der Waals surface area contributed by atoms with Gasteiger partial charge in [0.1, 0.15) is 5.92 Å². The number of aromatic amines is 1. The molecule has 1 aromatic heterocycles. The highest BCUT2D eigenvalue weighted by atomic mass is 16.5. The van der Waals surface area contributed by atoms with Gasteiger partial charge in [-0.3, -0.25) is 19.5 Å². The lowest BCUT2D eigenvalue weighted by molar-refractivity contribution is -0.154. The van der Waals surface area contributed by atoms with Gasteiger partial charge < -0.3 is 19.7 Å². The molecule has 1 aliphatic heterocycles. The van der Waals surface area contributed by atoms with Crippen LogP contribution >= 0.6 is 0 Å². The first-order valence-electron chi connectivity index (χ1n) is 13.5. The molecular weight excluding hydrogens is 508 g/mol. The van der Waals surface area contributed by atoms with Crippen LogP contribution in [0.4, 0.5) is 11.5 Å². The minimum atomic E-state index is -1.23. The Kier molecular flexibility index (Phi) is 7.47. The van der Waals surface area contributed by atoms with E-state index in [1.54, 1.807) is 13.8 Å². The van der Waals surface area contributed by atoms with Crippen molar-refractivity contribution >= 4 is 34.8 Å². The van der Waals surface area contributed by atoms with Crippen molar-refractivity contribution in [2.24, 2.45) is 11.8 Å². The highest BCUT2D eigenvalue weighted by Crippen LogP contribution is 2.55. The molecule has 2 N–H and O–H groups in total. The number of esters is 2. The average molecular weight is 543 g/mol. The first kappa shape index (κ1) is 27.2. The maximum Gasteiger partial charge on any atom is 0.317 e. The number of ketones is 1. The number of nitrogens with one attached hydrogen (secondary N) is 2. The zero-order valence-electron chi connectivity index (χ0n) is 23.4. The molecular formula is C31H34N4O5. The van der Waals surface area contributed by atoms with Gasteiger partial charge in [-0.1, -0.05) is 42.5 Å². The molecule has 2 aliphatic rings. The summed E-state index contributed by atoms with van der Waals surface area (Å²) in [6, 6.07) is 16.4. The van der Waals surface area contributed by atoms with E-state index < -0.39 is 35.7 Å². The van der Waals surface area contributed by atoms with E-state index in [2.05, 4.69) is 15.5 Å². The SMILES string of the molecule is CCOC(=O)[C@@H]1C(=O)C2=C(c3c(n[nH]c3C)N[C@@H]2c2ccc(N(C)C)cc2)[C@@H](C(=O)OCC)[C@H]1c1ccccc1. The van der Waals surface area contributed by atoms with Crippen LogP contribution in [0.1, 0.15) is 48.2 Å². The number of carbonyl (C=O) groups excluding carboxylic acids is 3. The number of anilines is 2. The molecule has 0 bridgehead atoms. The number of H-pyrrole nitrogens is 1. The van der Waals surface area contributed by atoms with Crippen LogP contribution in [0.25, 0.3) is 5.57 Å². The van der Waals surface area contributed by atoms with Gasteiger partial charge >= 0.3 is 11.9 Å². The first-order chi connectivity index (χ1) is 19.3. The number of rotatable bonds is 7. The number of aryl methyl sites for hydroxylation is 1. The zero-order chi connectivity index (χ0) is 28.6. The summed E-state index contributed by atoms with van der Waals surface area (Å²) in [5, 5.41) is 10.9. The van der Waals surface area contributed by atoms with E-state index in [1.807, 2.05) is 80.5 Å². The van der Waals surface area contributed by atoms with Crippen LogP contribution < -0.4 is 10.2 Å². The monoisotopic (exact) mass is 542 g/mol. The number of Topliss-reactive ketones (excluding diaryl/α,β-unsaturated/α-hetero) is 1. The molecule has 0 amide bonds. The lowest BCUT2D eigenvalue weighted by Gasteiger charge is -2.42. The summed E-state index contributed by atoms with van der Waals surface area (Å²) in [5.41, 5.74) is 4.76. The summed E-state index contributed by atoms with van der Waals surface area (Å²) < 4.78 is 11.1. The van der Waals surface area contributed by atoms with Gasteiger partial charge in [-0.15, -0.1) is 0 Å². The van der Waals surface area contributed by atoms with Crippen molar-refractivity contribution in [3.05, 3.63) is 82.6 Å². The molecule has 0 saturated carbocycles. The van der Waals surface area contributed by atoms with Gasteiger partial charge in [0.15, 0.2) is 11.6 Å². The summed E-state index contributed by atoms with van der Waals surface area (Å²) in [6.45, 7) is 5.56. The minimum Gasteiger partial charge on any atom is -0.466 e. The number of carbonyl (C=O) groups is 3. The number of benzene rings is 2. The largest absolute Gasteiger partial charge is 0.466 e. The third-order valence-electron chi connectivity index (χ3n) is 7.66. The van der Waals surface area contributed by atoms with E-state index in [0.717, 1.165) is 11.3 Å². The molecule has 5 rings (SSSR count). The van der Waals surface area contributed by atoms with Gasteiger partial charge in [0.2, 0.25) is 0 Å². The normalized spacial score (nSPS) is 21.7. The molecule has 2 aromatic carbocycles. The second kappa shape index (κ2) is 11.0. The summed E-state index contributed by atoms with van der Waals surface area (Å²) in [4.78, 5) is 44.0. The molecule has 0 spiro atoms. The highest BCUT2D eigenvalue weighted by molar-refractivity contribution is 6.19. The highest BCUT2D eigenvalue weighted by Gasteiger charge is 2.55. The van der Waals surface area contributed by atoms with Crippen molar-refractivity contribution < 1.29 is 23.9 Å². The predicted octanol–water partition coefficient (Wildman–Crippen LogP) is 4.43. The van der Waals surface area contributed by atoms with Crippen LogP contribution in [0.3, 0.4) is 0 Å². The van der Waals surface area contributed by atoms with Crippen LogP contribution in [-0.4, -0.2) is 55.2 Å².